The molecule has 0 aromatic heterocycles. The van der Waals surface area contributed by atoms with E-state index >= 15 is 0 Å². The van der Waals surface area contributed by atoms with Crippen molar-refractivity contribution in [3.63, 3.8) is 0 Å². The van der Waals surface area contributed by atoms with Gasteiger partial charge in [-0.3, -0.25) is 34.2 Å². The van der Waals surface area contributed by atoms with Crippen molar-refractivity contribution in [3.05, 3.63) is 72.3 Å². The van der Waals surface area contributed by atoms with Crippen LogP contribution in [0.5, 0.6) is 5.75 Å². The summed E-state index contributed by atoms with van der Waals surface area (Å²) in [6.07, 6.45) is 0.340. The maximum absolute atomic E-state index is 14.0. The molecule has 60 heavy (non-hydrogen) atoms. The Morgan fingerprint density at radius 1 is 0.650 bits per heavy atom. The van der Waals surface area contributed by atoms with E-state index in [1.165, 1.54) is 7.11 Å². The molecule has 17 N–H and O–H groups in total. The molecule has 0 aliphatic heterocycles. The zero-order valence-electron chi connectivity index (χ0n) is 33.8. The fraction of sp³-hybridized carbons (Fsp3) is 0.385. The van der Waals surface area contributed by atoms with Gasteiger partial charge in [-0.15, -0.1) is 0 Å². The molecule has 3 unspecified atom stereocenters. The second-order valence-corrected chi connectivity index (χ2v) is 13.1. The Morgan fingerprint density at radius 2 is 1.10 bits per heavy atom. The SMILES string of the molecule is CC(=O)O.COc1cc(NC(=O)C(CCCN=C(N)N)NC(=O)C(CCCN=C(N)N)NC(=O)C(CCCN=C(N)N)NC(=O)OCc2ccccc2)cc2ccccc12. The number of rotatable bonds is 22. The lowest BCUT2D eigenvalue weighted by molar-refractivity contribution is -0.134. The Balaban J connectivity index is 0.00000296. The number of amides is 4. The number of hydrogen-bond donors (Lipinski definition) is 11. The van der Waals surface area contributed by atoms with Crippen LogP contribution in [0.25, 0.3) is 10.8 Å². The van der Waals surface area contributed by atoms with Gasteiger partial charge in [0, 0.05) is 43.7 Å². The molecule has 0 bridgehead atoms. The fourth-order valence-corrected chi connectivity index (χ4v) is 5.51. The summed E-state index contributed by atoms with van der Waals surface area (Å²) in [5.41, 5.74) is 34.0. The number of carbonyl (C=O) groups is 5. The predicted octanol–water partition coefficient (Wildman–Crippen LogP) is 0.303. The van der Waals surface area contributed by atoms with Crippen LogP contribution in [0.4, 0.5) is 10.5 Å². The summed E-state index contributed by atoms with van der Waals surface area (Å²) < 4.78 is 10.9. The number of guanidine groups is 3. The van der Waals surface area contributed by atoms with Crippen LogP contribution < -0.4 is 60.4 Å². The first kappa shape index (κ1) is 48.8. The number of nitrogens with two attached hydrogens (primary N) is 6. The van der Waals surface area contributed by atoms with Crippen LogP contribution in [-0.2, 0) is 30.5 Å². The van der Waals surface area contributed by atoms with Crippen LogP contribution >= 0.6 is 0 Å². The molecule has 0 aliphatic carbocycles. The van der Waals surface area contributed by atoms with Crippen LogP contribution in [0.2, 0.25) is 0 Å². The van der Waals surface area contributed by atoms with Crippen molar-refractivity contribution in [2.24, 2.45) is 49.4 Å². The molecule has 0 fully saturated rings. The molecular formula is C39H57N13O8. The average molecular weight is 836 g/mol. The molecule has 3 aromatic rings. The van der Waals surface area contributed by atoms with Crippen molar-refractivity contribution < 1.29 is 38.6 Å². The van der Waals surface area contributed by atoms with Crippen molar-refractivity contribution in [2.75, 3.05) is 32.1 Å². The summed E-state index contributed by atoms with van der Waals surface area (Å²) >= 11 is 0. The van der Waals surface area contributed by atoms with Crippen molar-refractivity contribution in [2.45, 2.75) is 70.2 Å². The number of aliphatic imine (C=N–C) groups is 3. The number of carboxylic acids is 1. The van der Waals surface area contributed by atoms with Crippen molar-refractivity contribution in [1.82, 2.24) is 16.0 Å². The number of aliphatic carboxylic acids is 1. The average Bonchev–Trinajstić information content (AvgIpc) is 3.19. The highest BCUT2D eigenvalue weighted by atomic mass is 16.5. The molecule has 0 saturated heterocycles. The minimum absolute atomic E-state index is 0.0382. The number of nitrogens with zero attached hydrogens (tertiary/aromatic N) is 3. The highest BCUT2D eigenvalue weighted by Gasteiger charge is 2.30. The monoisotopic (exact) mass is 835 g/mol. The van der Waals surface area contributed by atoms with Gasteiger partial charge in [-0.05, 0) is 55.5 Å². The van der Waals surface area contributed by atoms with Gasteiger partial charge in [0.05, 0.1) is 7.11 Å². The molecule has 3 atom stereocenters. The largest absolute Gasteiger partial charge is 0.496 e. The summed E-state index contributed by atoms with van der Waals surface area (Å²) in [5.74, 6) is -2.58. The third-order valence-corrected chi connectivity index (χ3v) is 8.23. The summed E-state index contributed by atoms with van der Waals surface area (Å²) in [6, 6.07) is 16.5. The van der Waals surface area contributed by atoms with Crippen LogP contribution in [-0.4, -0.2) is 97.6 Å². The summed E-state index contributed by atoms with van der Waals surface area (Å²) in [6.45, 7) is 1.57. The fourth-order valence-electron chi connectivity index (χ4n) is 5.51. The first-order valence-electron chi connectivity index (χ1n) is 18.9. The van der Waals surface area contributed by atoms with Crippen LogP contribution in [0, 0.1) is 0 Å². The number of hydrogen-bond acceptors (Lipinski definition) is 10. The van der Waals surface area contributed by atoms with Crippen LogP contribution in [0.15, 0.2) is 81.7 Å². The third-order valence-electron chi connectivity index (χ3n) is 8.23. The Labute approximate surface area is 347 Å². The number of nitrogens with one attached hydrogen (secondary N) is 4. The van der Waals surface area contributed by atoms with Gasteiger partial charge < -0.3 is 70.2 Å². The van der Waals surface area contributed by atoms with E-state index in [9.17, 15) is 19.2 Å². The normalized spacial score (nSPS) is 11.8. The standard InChI is InChI=1S/C37H53N13O6.C2H4O2/c1-55-30-21-25(20-24-12-5-6-13-26(24)30)47-31(51)27(14-7-17-44-34(38)39)48-32(52)28(15-8-18-45-35(40)41)49-33(53)29(16-9-19-46-36(42)43)50-37(54)56-22-23-10-3-2-4-11-23;1-2(3)4/h2-6,10-13,20-21,27-29H,7-9,14-19,22H2,1H3,(H,47,51)(H,48,52)(H,49,53)(H,50,54)(H4,38,39,44)(H4,40,41,45)(H4,42,43,46);1H3,(H,3,4). The van der Waals surface area contributed by atoms with E-state index in [1.807, 2.05) is 30.3 Å². The molecule has 21 heteroatoms. The summed E-state index contributed by atoms with van der Waals surface area (Å²) in [7, 11) is 1.53. The number of benzene rings is 3. The molecule has 3 aromatic carbocycles. The number of fused-ring (bicyclic) bond motifs is 1. The van der Waals surface area contributed by atoms with Gasteiger partial charge in [-0.1, -0.05) is 54.6 Å². The lowest BCUT2D eigenvalue weighted by Crippen LogP contribution is -2.56. The van der Waals surface area contributed by atoms with E-state index in [-0.39, 0.29) is 69.8 Å². The Morgan fingerprint density at radius 3 is 1.58 bits per heavy atom. The molecule has 326 valence electrons. The second-order valence-electron chi connectivity index (χ2n) is 13.1. The molecule has 0 heterocycles. The van der Waals surface area contributed by atoms with Gasteiger partial charge >= 0.3 is 6.09 Å². The van der Waals surface area contributed by atoms with E-state index in [1.54, 1.807) is 36.4 Å². The lowest BCUT2D eigenvalue weighted by atomic mass is 10.1. The van der Waals surface area contributed by atoms with Crippen LogP contribution in [0.1, 0.15) is 51.0 Å². The first-order chi connectivity index (χ1) is 28.6. The zero-order valence-corrected chi connectivity index (χ0v) is 33.8. The van der Waals surface area contributed by atoms with E-state index < -0.39 is 47.9 Å². The van der Waals surface area contributed by atoms with Crippen molar-refractivity contribution in [3.8, 4) is 5.75 Å². The van der Waals surface area contributed by atoms with Gasteiger partial charge in [0.2, 0.25) is 17.7 Å². The van der Waals surface area contributed by atoms with E-state index in [4.69, 9.17) is 53.8 Å². The highest BCUT2D eigenvalue weighted by Crippen LogP contribution is 2.30. The number of alkyl carbamates (subject to hydrolysis) is 1. The summed E-state index contributed by atoms with van der Waals surface area (Å²) in [5, 5.41) is 20.0. The minimum atomic E-state index is -1.19. The van der Waals surface area contributed by atoms with Gasteiger partial charge in [-0.2, -0.15) is 0 Å². The Hall–Kier alpha value is -7.32. The smallest absolute Gasteiger partial charge is 0.408 e. The predicted molar refractivity (Wildman–Crippen MR) is 230 cm³/mol. The van der Waals surface area contributed by atoms with Gasteiger partial charge in [-0.25, -0.2) is 4.79 Å². The minimum Gasteiger partial charge on any atom is -0.496 e. The molecule has 0 radical (unpaired) electrons. The molecule has 0 spiro atoms. The van der Waals surface area contributed by atoms with Crippen molar-refractivity contribution >= 4 is 64.1 Å². The van der Waals surface area contributed by atoms with Crippen LogP contribution in [0.3, 0.4) is 0 Å². The zero-order chi connectivity index (χ0) is 44.5. The van der Waals surface area contributed by atoms with Gasteiger partial charge in [0.15, 0.2) is 17.9 Å². The molecule has 3 rings (SSSR count). The number of carboxylic acid groups (broad SMARTS) is 1. The topological polar surface area (TPSA) is 365 Å². The molecule has 0 aliphatic rings. The van der Waals surface area contributed by atoms with E-state index in [2.05, 4.69) is 36.2 Å². The van der Waals surface area contributed by atoms with E-state index in [0.717, 1.165) is 23.3 Å². The van der Waals surface area contributed by atoms with Gasteiger partial charge in [0.25, 0.3) is 5.97 Å². The molecular weight excluding hydrogens is 779 g/mol. The van der Waals surface area contributed by atoms with E-state index in [0.29, 0.717) is 24.3 Å². The van der Waals surface area contributed by atoms with Crippen molar-refractivity contribution in [1.29, 1.82) is 0 Å². The third kappa shape index (κ3) is 19.7. The van der Waals surface area contributed by atoms with Gasteiger partial charge in [0.1, 0.15) is 30.5 Å². The summed E-state index contributed by atoms with van der Waals surface area (Å²) in [4.78, 5) is 75.3. The first-order valence-corrected chi connectivity index (χ1v) is 18.9. The number of carbonyl (C=O) groups excluding carboxylic acids is 4. The maximum atomic E-state index is 14.0. The molecule has 21 nitrogen and oxygen atoms in total. The number of methoxy groups -OCH3 is 1. The lowest BCUT2D eigenvalue weighted by Gasteiger charge is -2.25. The highest BCUT2D eigenvalue weighted by molar-refractivity contribution is 6.01. The number of ether oxygens (including phenoxy) is 2. The maximum Gasteiger partial charge on any atom is 0.408 e. The Kier molecular flexibility index (Phi) is 21.6. The quantitative estimate of drug-likeness (QED) is 0.0369. The molecule has 4 amide bonds. The Bertz CT molecular complexity index is 1940. The number of anilines is 1. The molecule has 0 saturated carbocycles. The second kappa shape index (κ2) is 26.6.